The summed E-state index contributed by atoms with van der Waals surface area (Å²) in [5.41, 5.74) is 13.6. The molecule has 0 bridgehead atoms. The van der Waals surface area contributed by atoms with Crippen LogP contribution in [0.5, 0.6) is 0 Å². The molecule has 0 N–H and O–H groups in total. The number of nitrogens with zero attached hydrogens (tertiary/aromatic N) is 1. The molecule has 0 radical (unpaired) electrons. The molecule has 0 spiro atoms. The minimum absolute atomic E-state index is 0.432. The summed E-state index contributed by atoms with van der Waals surface area (Å²) in [6.07, 6.45) is 12.1. The van der Waals surface area contributed by atoms with Crippen molar-refractivity contribution in [3.8, 4) is 22.3 Å². The fraction of sp³-hybridized carbons (Fsp3) is 0.158. The molecule has 1 aliphatic heterocycles. The number of anilines is 3. The van der Waals surface area contributed by atoms with E-state index in [0.717, 1.165) is 40.1 Å². The lowest BCUT2D eigenvalue weighted by Crippen LogP contribution is -2.41. The molecule has 0 aromatic heterocycles. The first-order valence-electron chi connectivity index (χ1n) is 21.4. The summed E-state index contributed by atoms with van der Waals surface area (Å²) in [7, 11) is -0.461. The van der Waals surface area contributed by atoms with Crippen LogP contribution in [0.25, 0.3) is 27.8 Å². The topological polar surface area (TPSA) is 21.7 Å². The van der Waals surface area contributed by atoms with Gasteiger partial charge in [-0.1, -0.05) is 176 Å². The van der Waals surface area contributed by atoms with Crippen molar-refractivity contribution in [3.63, 3.8) is 0 Å². The third-order valence-corrected chi connectivity index (χ3v) is 12.9. The maximum absolute atomic E-state index is 6.55. The standard InChI is InChI=1S/C57H52BNO2/c1-55(2)56(3,4)61-58(60-55)54-30-20-19-29-51(54)45-33-37-49(38-34-45)59(48-35-31-43(32-36-48)42-21-13-8-14-22-42)50-39-40-53(52(41-50)44-23-11-6-7-12-24-44)57(5,46-25-15-9-16-26-46)47-27-17-10-18-28-47/h6,8-41H,7H2,1-5H3. The zero-order chi connectivity index (χ0) is 42.0. The highest BCUT2D eigenvalue weighted by molar-refractivity contribution is 6.63. The molecule has 7 aromatic rings. The van der Waals surface area contributed by atoms with Gasteiger partial charge >= 0.3 is 7.12 Å². The van der Waals surface area contributed by atoms with Gasteiger partial charge in [0.05, 0.1) is 11.2 Å². The van der Waals surface area contributed by atoms with Crippen LogP contribution in [0, 0.1) is 0 Å². The molecule has 1 heterocycles. The Hall–Kier alpha value is -6.46. The SMILES string of the molecule is CC(c1ccccc1)(c1ccccc1)c1ccc(N(c2ccc(-c3ccccc3)cc2)c2ccc(-c3ccccc3B3OC(C)(C)C(C)(C)O3)cc2)cc1C1=CC=CCC=C1. The van der Waals surface area contributed by atoms with E-state index in [0.29, 0.717) is 0 Å². The third-order valence-electron chi connectivity index (χ3n) is 12.9. The molecule has 0 unspecified atom stereocenters. The lowest BCUT2D eigenvalue weighted by molar-refractivity contribution is 0.00578. The van der Waals surface area contributed by atoms with Gasteiger partial charge in [0.1, 0.15) is 0 Å². The van der Waals surface area contributed by atoms with Gasteiger partial charge in [0, 0.05) is 22.5 Å². The van der Waals surface area contributed by atoms with Crippen molar-refractivity contribution < 1.29 is 9.31 Å². The number of rotatable bonds is 10. The van der Waals surface area contributed by atoms with Crippen LogP contribution in [-0.2, 0) is 14.7 Å². The van der Waals surface area contributed by atoms with Crippen LogP contribution in [0.15, 0.2) is 212 Å². The molecular weight excluding hydrogens is 741 g/mol. The molecule has 1 fully saturated rings. The third kappa shape index (κ3) is 7.74. The number of benzene rings is 7. The lowest BCUT2D eigenvalue weighted by atomic mass is 9.68. The summed E-state index contributed by atoms with van der Waals surface area (Å²) in [4.78, 5) is 2.38. The Morgan fingerprint density at radius 2 is 1.02 bits per heavy atom. The second kappa shape index (κ2) is 16.5. The molecule has 0 saturated carbocycles. The summed E-state index contributed by atoms with van der Waals surface area (Å²) in [6.45, 7) is 10.8. The smallest absolute Gasteiger partial charge is 0.399 e. The fourth-order valence-electron chi connectivity index (χ4n) is 8.73. The molecule has 61 heavy (non-hydrogen) atoms. The lowest BCUT2D eigenvalue weighted by Gasteiger charge is -2.35. The zero-order valence-corrected chi connectivity index (χ0v) is 35.8. The van der Waals surface area contributed by atoms with Gasteiger partial charge in [-0.25, -0.2) is 0 Å². The first-order chi connectivity index (χ1) is 29.6. The van der Waals surface area contributed by atoms with Crippen molar-refractivity contribution in [1.82, 2.24) is 0 Å². The first-order valence-corrected chi connectivity index (χ1v) is 21.4. The van der Waals surface area contributed by atoms with E-state index < -0.39 is 23.7 Å². The van der Waals surface area contributed by atoms with Crippen LogP contribution in [0.2, 0.25) is 0 Å². The Morgan fingerprint density at radius 1 is 0.508 bits per heavy atom. The molecular formula is C57H52BNO2. The predicted octanol–water partition coefficient (Wildman–Crippen LogP) is 14.0. The van der Waals surface area contributed by atoms with Gasteiger partial charge in [0.25, 0.3) is 0 Å². The van der Waals surface area contributed by atoms with E-state index in [9.17, 15) is 0 Å². The summed E-state index contributed by atoms with van der Waals surface area (Å²) in [5, 5.41) is 0. The van der Waals surface area contributed by atoms with Crippen LogP contribution in [0.4, 0.5) is 17.1 Å². The molecule has 2 aliphatic rings. The van der Waals surface area contributed by atoms with Gasteiger partial charge in [0.2, 0.25) is 0 Å². The van der Waals surface area contributed by atoms with Crippen molar-refractivity contribution in [2.45, 2.75) is 57.7 Å². The van der Waals surface area contributed by atoms with Crippen molar-refractivity contribution in [3.05, 3.63) is 235 Å². The second-order valence-corrected chi connectivity index (χ2v) is 17.2. The van der Waals surface area contributed by atoms with E-state index in [2.05, 4.69) is 252 Å². The zero-order valence-electron chi connectivity index (χ0n) is 35.8. The molecule has 0 atom stereocenters. The molecule has 7 aromatic carbocycles. The van der Waals surface area contributed by atoms with Crippen molar-refractivity contribution in [2.24, 2.45) is 0 Å². The normalized spacial score (nSPS) is 15.6. The summed E-state index contributed by atoms with van der Waals surface area (Å²) < 4.78 is 13.1. The number of hydrogen-bond acceptors (Lipinski definition) is 3. The van der Waals surface area contributed by atoms with Crippen molar-refractivity contribution in [2.75, 3.05) is 4.90 Å². The Morgan fingerprint density at radius 3 is 1.62 bits per heavy atom. The summed E-state index contributed by atoms with van der Waals surface area (Å²) in [6, 6.07) is 65.8. The minimum Gasteiger partial charge on any atom is -0.399 e. The van der Waals surface area contributed by atoms with Gasteiger partial charge in [-0.05, 0) is 133 Å². The number of hydrogen-bond donors (Lipinski definition) is 0. The van der Waals surface area contributed by atoms with Crippen molar-refractivity contribution >= 4 is 35.2 Å². The van der Waals surface area contributed by atoms with E-state index in [1.165, 1.54) is 39.0 Å². The Balaban J connectivity index is 1.20. The number of allylic oxidation sites excluding steroid dienone is 6. The highest BCUT2D eigenvalue weighted by Crippen LogP contribution is 2.46. The predicted molar refractivity (Wildman–Crippen MR) is 257 cm³/mol. The molecule has 1 aliphatic carbocycles. The minimum atomic E-state index is -0.461. The molecule has 4 heteroatoms. The van der Waals surface area contributed by atoms with E-state index in [-0.39, 0.29) is 0 Å². The van der Waals surface area contributed by atoms with E-state index in [1.807, 2.05) is 0 Å². The monoisotopic (exact) mass is 793 g/mol. The average Bonchev–Trinajstić information content (AvgIpc) is 3.45. The Bertz CT molecular complexity index is 2660. The Labute approximate surface area is 362 Å². The van der Waals surface area contributed by atoms with Crippen LogP contribution in [0.1, 0.15) is 63.3 Å². The molecule has 300 valence electrons. The van der Waals surface area contributed by atoms with Crippen LogP contribution < -0.4 is 10.4 Å². The van der Waals surface area contributed by atoms with Crippen molar-refractivity contribution in [1.29, 1.82) is 0 Å². The summed E-state index contributed by atoms with van der Waals surface area (Å²) >= 11 is 0. The molecule has 9 rings (SSSR count). The van der Waals surface area contributed by atoms with E-state index >= 15 is 0 Å². The first kappa shape index (κ1) is 40.0. The van der Waals surface area contributed by atoms with Gasteiger partial charge in [-0.2, -0.15) is 0 Å². The van der Waals surface area contributed by atoms with Gasteiger partial charge < -0.3 is 14.2 Å². The van der Waals surface area contributed by atoms with Crippen LogP contribution in [0.3, 0.4) is 0 Å². The van der Waals surface area contributed by atoms with Crippen LogP contribution >= 0.6 is 0 Å². The highest BCUT2D eigenvalue weighted by Gasteiger charge is 2.52. The van der Waals surface area contributed by atoms with Gasteiger partial charge in [0.15, 0.2) is 0 Å². The largest absolute Gasteiger partial charge is 0.495 e. The molecule has 0 amide bonds. The maximum Gasteiger partial charge on any atom is 0.495 e. The van der Waals surface area contributed by atoms with E-state index in [4.69, 9.17) is 9.31 Å². The Kier molecular flexibility index (Phi) is 10.8. The molecule has 1 saturated heterocycles. The highest BCUT2D eigenvalue weighted by atomic mass is 16.7. The maximum atomic E-state index is 6.55. The van der Waals surface area contributed by atoms with Gasteiger partial charge in [-0.15, -0.1) is 0 Å². The van der Waals surface area contributed by atoms with E-state index in [1.54, 1.807) is 0 Å². The fourth-order valence-corrected chi connectivity index (χ4v) is 8.73. The average molecular weight is 794 g/mol. The van der Waals surface area contributed by atoms with Gasteiger partial charge in [-0.3, -0.25) is 0 Å². The quantitative estimate of drug-likeness (QED) is 0.102. The van der Waals surface area contributed by atoms with Crippen LogP contribution in [-0.4, -0.2) is 18.3 Å². The summed E-state index contributed by atoms with van der Waals surface area (Å²) in [5.74, 6) is 0. The second-order valence-electron chi connectivity index (χ2n) is 17.2. The molecule has 3 nitrogen and oxygen atoms in total.